The molecule has 0 fully saturated rings. The summed E-state index contributed by atoms with van der Waals surface area (Å²) < 4.78 is 1.58. The van der Waals surface area contributed by atoms with E-state index in [1.165, 1.54) is 0 Å². The standard InChI is InChI=1S/C11H6Cl2N4/c12-7-3-1-4-8(13)9(7)10-15-11-14-5-2-6-17(11)16-10/h1-6H. The monoisotopic (exact) mass is 264 g/mol. The maximum atomic E-state index is 6.10. The maximum absolute atomic E-state index is 6.10. The summed E-state index contributed by atoms with van der Waals surface area (Å²) in [7, 11) is 0. The van der Waals surface area contributed by atoms with Crippen LogP contribution in [-0.4, -0.2) is 19.6 Å². The van der Waals surface area contributed by atoms with Crippen LogP contribution in [0.4, 0.5) is 0 Å². The van der Waals surface area contributed by atoms with Gasteiger partial charge in [0.2, 0.25) is 0 Å². The van der Waals surface area contributed by atoms with Crippen LogP contribution in [0.15, 0.2) is 36.7 Å². The molecule has 3 rings (SSSR count). The first kappa shape index (κ1) is 10.5. The molecule has 3 aromatic rings. The number of rotatable bonds is 1. The molecule has 0 N–H and O–H groups in total. The van der Waals surface area contributed by atoms with E-state index in [1.54, 1.807) is 41.2 Å². The Hall–Kier alpha value is -1.65. The van der Waals surface area contributed by atoms with Crippen molar-refractivity contribution in [2.75, 3.05) is 0 Å². The van der Waals surface area contributed by atoms with E-state index < -0.39 is 0 Å². The van der Waals surface area contributed by atoms with Crippen LogP contribution in [0.1, 0.15) is 0 Å². The Kier molecular flexibility index (Phi) is 2.46. The van der Waals surface area contributed by atoms with Gasteiger partial charge in [-0.2, -0.15) is 4.98 Å². The third-order valence-electron chi connectivity index (χ3n) is 2.30. The molecule has 0 aliphatic carbocycles. The Labute approximate surface area is 107 Å². The van der Waals surface area contributed by atoms with Gasteiger partial charge in [0.25, 0.3) is 5.78 Å². The zero-order chi connectivity index (χ0) is 11.8. The van der Waals surface area contributed by atoms with Crippen LogP contribution in [0.2, 0.25) is 10.0 Å². The number of hydrogen-bond acceptors (Lipinski definition) is 3. The molecule has 0 radical (unpaired) electrons. The van der Waals surface area contributed by atoms with Crippen molar-refractivity contribution in [3.8, 4) is 11.4 Å². The summed E-state index contributed by atoms with van der Waals surface area (Å²) in [6.45, 7) is 0. The van der Waals surface area contributed by atoms with Gasteiger partial charge < -0.3 is 0 Å². The van der Waals surface area contributed by atoms with Crippen LogP contribution >= 0.6 is 23.2 Å². The molecule has 0 aliphatic heterocycles. The third kappa shape index (κ3) is 1.75. The van der Waals surface area contributed by atoms with Crippen LogP contribution in [-0.2, 0) is 0 Å². The summed E-state index contributed by atoms with van der Waals surface area (Å²) >= 11 is 12.2. The highest BCUT2D eigenvalue weighted by molar-refractivity contribution is 6.38. The average Bonchev–Trinajstić information content (AvgIpc) is 2.71. The summed E-state index contributed by atoms with van der Waals surface area (Å²) in [4.78, 5) is 8.37. The Morgan fingerprint density at radius 3 is 2.53 bits per heavy atom. The first-order valence-corrected chi connectivity index (χ1v) is 5.63. The lowest BCUT2D eigenvalue weighted by Crippen LogP contribution is -1.87. The number of aromatic nitrogens is 4. The predicted molar refractivity (Wildman–Crippen MR) is 66.2 cm³/mol. The summed E-state index contributed by atoms with van der Waals surface area (Å²) in [6, 6.07) is 7.06. The van der Waals surface area contributed by atoms with Crippen molar-refractivity contribution in [1.82, 2.24) is 19.6 Å². The number of halogens is 2. The minimum absolute atomic E-state index is 0.472. The highest BCUT2D eigenvalue weighted by Crippen LogP contribution is 2.32. The minimum Gasteiger partial charge on any atom is -0.220 e. The van der Waals surface area contributed by atoms with Gasteiger partial charge in [0.1, 0.15) is 0 Å². The van der Waals surface area contributed by atoms with E-state index in [2.05, 4.69) is 15.1 Å². The largest absolute Gasteiger partial charge is 0.252 e. The molecule has 0 bridgehead atoms. The van der Waals surface area contributed by atoms with Crippen LogP contribution in [0.3, 0.4) is 0 Å². The highest BCUT2D eigenvalue weighted by atomic mass is 35.5. The van der Waals surface area contributed by atoms with Crippen LogP contribution < -0.4 is 0 Å². The number of benzene rings is 1. The molecule has 0 saturated heterocycles. The molecular weight excluding hydrogens is 259 g/mol. The van der Waals surface area contributed by atoms with Gasteiger partial charge in [-0.3, -0.25) is 0 Å². The summed E-state index contributed by atoms with van der Waals surface area (Å²) in [6.07, 6.45) is 3.42. The summed E-state index contributed by atoms with van der Waals surface area (Å²) in [5.41, 5.74) is 0.626. The van der Waals surface area contributed by atoms with Crippen molar-refractivity contribution in [2.45, 2.75) is 0 Å². The van der Waals surface area contributed by atoms with E-state index >= 15 is 0 Å². The van der Waals surface area contributed by atoms with Crippen molar-refractivity contribution in [2.24, 2.45) is 0 Å². The Morgan fingerprint density at radius 2 is 1.82 bits per heavy atom. The Bertz CT molecular complexity index is 640. The Morgan fingerprint density at radius 1 is 1.06 bits per heavy atom. The quantitative estimate of drug-likeness (QED) is 0.679. The normalized spacial score (nSPS) is 10.9. The molecule has 6 heteroatoms. The predicted octanol–water partition coefficient (Wildman–Crippen LogP) is 3.10. The van der Waals surface area contributed by atoms with Gasteiger partial charge >= 0.3 is 0 Å². The molecule has 2 aromatic heterocycles. The smallest absolute Gasteiger partial charge is 0.220 e. The van der Waals surface area contributed by atoms with Crippen LogP contribution in [0, 0.1) is 0 Å². The molecule has 0 amide bonds. The zero-order valence-corrected chi connectivity index (χ0v) is 10.0. The Balaban J connectivity index is 2.27. The topological polar surface area (TPSA) is 43.1 Å². The SMILES string of the molecule is Clc1cccc(Cl)c1-c1nc2ncccn2n1. The fourth-order valence-electron chi connectivity index (χ4n) is 1.55. The summed E-state index contributed by atoms with van der Waals surface area (Å²) in [5.74, 6) is 0.984. The van der Waals surface area contributed by atoms with Crippen molar-refractivity contribution >= 4 is 29.0 Å². The molecule has 0 atom stereocenters. The molecule has 2 heterocycles. The van der Waals surface area contributed by atoms with E-state index in [4.69, 9.17) is 23.2 Å². The second-order valence-electron chi connectivity index (χ2n) is 3.40. The minimum atomic E-state index is 0.472. The second-order valence-corrected chi connectivity index (χ2v) is 4.21. The fourth-order valence-corrected chi connectivity index (χ4v) is 2.12. The van der Waals surface area contributed by atoms with Gasteiger partial charge in [-0.1, -0.05) is 29.3 Å². The molecule has 0 unspecified atom stereocenters. The van der Waals surface area contributed by atoms with E-state index in [0.29, 0.717) is 27.2 Å². The zero-order valence-electron chi connectivity index (χ0n) is 8.51. The van der Waals surface area contributed by atoms with E-state index in [9.17, 15) is 0 Å². The van der Waals surface area contributed by atoms with Gasteiger partial charge in [0.15, 0.2) is 5.82 Å². The molecule has 0 spiro atoms. The van der Waals surface area contributed by atoms with Gasteiger partial charge in [-0.15, -0.1) is 5.10 Å². The van der Waals surface area contributed by atoms with Crippen molar-refractivity contribution in [3.63, 3.8) is 0 Å². The molecule has 0 aliphatic rings. The van der Waals surface area contributed by atoms with Crippen molar-refractivity contribution < 1.29 is 0 Å². The fraction of sp³-hybridized carbons (Fsp3) is 0. The third-order valence-corrected chi connectivity index (χ3v) is 2.93. The van der Waals surface area contributed by atoms with E-state index in [0.717, 1.165) is 0 Å². The average molecular weight is 265 g/mol. The number of nitrogens with zero attached hydrogens (tertiary/aromatic N) is 4. The maximum Gasteiger partial charge on any atom is 0.252 e. The van der Waals surface area contributed by atoms with Gasteiger partial charge in [-0.05, 0) is 18.2 Å². The molecular formula is C11H6Cl2N4. The molecule has 84 valence electrons. The van der Waals surface area contributed by atoms with Crippen molar-refractivity contribution in [1.29, 1.82) is 0 Å². The van der Waals surface area contributed by atoms with E-state index in [-0.39, 0.29) is 0 Å². The van der Waals surface area contributed by atoms with Crippen LogP contribution in [0.25, 0.3) is 17.2 Å². The highest BCUT2D eigenvalue weighted by Gasteiger charge is 2.13. The van der Waals surface area contributed by atoms with Gasteiger partial charge in [0, 0.05) is 12.4 Å². The number of fused-ring (bicyclic) bond motifs is 1. The summed E-state index contributed by atoms with van der Waals surface area (Å²) in [5, 5.41) is 5.32. The molecule has 0 saturated carbocycles. The van der Waals surface area contributed by atoms with Crippen molar-refractivity contribution in [3.05, 3.63) is 46.7 Å². The lowest BCUT2D eigenvalue weighted by molar-refractivity contribution is 0.942. The first-order chi connectivity index (χ1) is 8.25. The second kappa shape index (κ2) is 3.98. The van der Waals surface area contributed by atoms with Crippen LogP contribution in [0.5, 0.6) is 0 Å². The number of hydrogen-bond donors (Lipinski definition) is 0. The first-order valence-electron chi connectivity index (χ1n) is 4.87. The lowest BCUT2D eigenvalue weighted by Gasteiger charge is -2.00. The molecule has 17 heavy (non-hydrogen) atoms. The lowest BCUT2D eigenvalue weighted by atomic mass is 10.2. The molecule has 4 nitrogen and oxygen atoms in total. The van der Waals surface area contributed by atoms with Gasteiger partial charge in [-0.25, -0.2) is 9.50 Å². The molecule has 1 aromatic carbocycles. The van der Waals surface area contributed by atoms with Gasteiger partial charge in [0.05, 0.1) is 15.6 Å². The van der Waals surface area contributed by atoms with E-state index in [1.807, 2.05) is 0 Å².